The van der Waals surface area contributed by atoms with Crippen LogP contribution < -0.4 is 5.06 Å². The average molecular weight is 261 g/mol. The molecule has 0 aromatic rings. The van der Waals surface area contributed by atoms with E-state index in [1.807, 2.05) is 6.92 Å². The molecule has 0 aliphatic rings. The summed E-state index contributed by atoms with van der Waals surface area (Å²) >= 11 is 0. The first-order chi connectivity index (χ1) is 9.19. The molecule has 0 heterocycles. The van der Waals surface area contributed by atoms with Gasteiger partial charge in [0.1, 0.15) is 5.70 Å². The SMILES string of the molecule is C=C/C(=C\C=C/C)[NH+]([O-])/C=C/C=C\C=C(N=O)N=O. The Morgan fingerprint density at radius 1 is 1.11 bits per heavy atom. The summed E-state index contributed by atoms with van der Waals surface area (Å²) in [5.41, 5.74) is 0.461. The van der Waals surface area contributed by atoms with Crippen LogP contribution in [0.5, 0.6) is 0 Å². The molecule has 0 fully saturated rings. The second kappa shape index (κ2) is 10.7. The number of hydrogen-bond acceptors (Lipinski definition) is 5. The van der Waals surface area contributed by atoms with E-state index in [2.05, 4.69) is 16.9 Å². The highest BCUT2D eigenvalue weighted by molar-refractivity contribution is 5.17. The lowest BCUT2D eigenvalue weighted by Crippen LogP contribution is -2.99. The van der Waals surface area contributed by atoms with Crippen molar-refractivity contribution in [2.24, 2.45) is 10.4 Å². The molecule has 1 atom stereocenters. The van der Waals surface area contributed by atoms with Gasteiger partial charge in [-0.1, -0.05) is 30.9 Å². The van der Waals surface area contributed by atoms with E-state index in [9.17, 15) is 15.0 Å². The van der Waals surface area contributed by atoms with Crippen LogP contribution in [0.3, 0.4) is 0 Å². The Bertz CT molecular complexity index is 450. The zero-order chi connectivity index (χ0) is 14.5. The van der Waals surface area contributed by atoms with Crippen LogP contribution in [-0.4, -0.2) is 0 Å². The molecule has 0 aromatic carbocycles. The van der Waals surface area contributed by atoms with Crippen molar-refractivity contribution in [3.63, 3.8) is 0 Å². The maximum absolute atomic E-state index is 11.6. The summed E-state index contributed by atoms with van der Waals surface area (Å²) in [5, 5.41) is 16.2. The van der Waals surface area contributed by atoms with Gasteiger partial charge in [0, 0.05) is 0 Å². The Hall–Kier alpha value is -2.44. The second-order valence-corrected chi connectivity index (χ2v) is 3.17. The van der Waals surface area contributed by atoms with Gasteiger partial charge in [-0.15, -0.1) is 9.81 Å². The van der Waals surface area contributed by atoms with Crippen molar-refractivity contribution in [1.29, 1.82) is 0 Å². The van der Waals surface area contributed by atoms with E-state index in [4.69, 9.17) is 0 Å². The maximum Gasteiger partial charge on any atom is 0.239 e. The molecular weight excluding hydrogens is 246 g/mol. The first-order valence-electron chi connectivity index (χ1n) is 5.41. The minimum Gasteiger partial charge on any atom is -0.624 e. The van der Waals surface area contributed by atoms with Crippen LogP contribution >= 0.6 is 0 Å². The largest absolute Gasteiger partial charge is 0.624 e. The summed E-state index contributed by atoms with van der Waals surface area (Å²) in [5.74, 6) is -0.462. The van der Waals surface area contributed by atoms with E-state index >= 15 is 0 Å². The molecule has 0 aromatic heterocycles. The molecule has 0 spiro atoms. The van der Waals surface area contributed by atoms with Crippen molar-refractivity contribution < 1.29 is 5.06 Å². The third-order valence-electron chi connectivity index (χ3n) is 1.87. The van der Waals surface area contributed by atoms with Gasteiger partial charge >= 0.3 is 0 Å². The predicted octanol–water partition coefficient (Wildman–Crippen LogP) is 2.46. The molecule has 0 radical (unpaired) electrons. The highest BCUT2D eigenvalue weighted by Gasteiger charge is 1.95. The van der Waals surface area contributed by atoms with E-state index in [0.717, 1.165) is 6.08 Å². The molecule has 0 amide bonds. The number of rotatable bonds is 8. The van der Waals surface area contributed by atoms with Crippen LogP contribution in [0.15, 0.2) is 83.3 Å². The van der Waals surface area contributed by atoms with Gasteiger partial charge in [-0.3, -0.25) is 0 Å². The van der Waals surface area contributed by atoms with Gasteiger partial charge in [0.05, 0.1) is 6.20 Å². The first-order valence-corrected chi connectivity index (χ1v) is 5.41. The molecule has 0 saturated carbocycles. The molecule has 1 N–H and O–H groups in total. The first kappa shape index (κ1) is 16.6. The van der Waals surface area contributed by atoms with E-state index in [-0.39, 0.29) is 5.06 Å². The quantitative estimate of drug-likeness (QED) is 0.413. The van der Waals surface area contributed by atoms with E-state index in [1.165, 1.54) is 30.5 Å². The Balaban J connectivity index is 4.59. The summed E-state index contributed by atoms with van der Waals surface area (Å²) in [6.45, 7) is 5.39. The van der Waals surface area contributed by atoms with E-state index in [1.54, 1.807) is 18.2 Å². The van der Waals surface area contributed by atoms with Gasteiger partial charge in [0.15, 0.2) is 0 Å². The van der Waals surface area contributed by atoms with Crippen molar-refractivity contribution in [2.75, 3.05) is 0 Å². The zero-order valence-electron chi connectivity index (χ0n) is 10.5. The van der Waals surface area contributed by atoms with Crippen LogP contribution in [0, 0.1) is 15.0 Å². The van der Waals surface area contributed by atoms with Gasteiger partial charge < -0.3 is 10.3 Å². The molecule has 0 bridgehead atoms. The molecule has 0 saturated heterocycles. The summed E-state index contributed by atoms with van der Waals surface area (Å²) < 4.78 is 0. The fourth-order valence-corrected chi connectivity index (χ4v) is 0.973. The zero-order valence-corrected chi connectivity index (χ0v) is 10.5. The maximum atomic E-state index is 11.6. The number of quaternary nitrogens is 1. The lowest BCUT2D eigenvalue weighted by molar-refractivity contribution is -0.742. The number of nitrogens with one attached hydrogen (secondary N) is 1. The number of nitrogens with zero attached hydrogens (tertiary/aromatic N) is 2. The fraction of sp³-hybridized carbons (Fsp3) is 0.0769. The lowest BCUT2D eigenvalue weighted by Gasteiger charge is -2.16. The van der Waals surface area contributed by atoms with Crippen molar-refractivity contribution in [3.8, 4) is 0 Å². The van der Waals surface area contributed by atoms with Crippen LogP contribution in [0.4, 0.5) is 0 Å². The minimum atomic E-state index is -0.462. The molecule has 0 aliphatic heterocycles. The van der Waals surface area contributed by atoms with Crippen molar-refractivity contribution in [3.05, 3.63) is 87.9 Å². The second-order valence-electron chi connectivity index (χ2n) is 3.17. The predicted molar refractivity (Wildman–Crippen MR) is 75.4 cm³/mol. The summed E-state index contributed by atoms with van der Waals surface area (Å²) in [6, 6.07) is 0. The van der Waals surface area contributed by atoms with E-state index in [0.29, 0.717) is 5.70 Å². The van der Waals surface area contributed by atoms with Crippen LogP contribution in [0.25, 0.3) is 0 Å². The van der Waals surface area contributed by atoms with Gasteiger partial charge in [0.2, 0.25) is 5.82 Å². The third kappa shape index (κ3) is 7.48. The Kier molecular flexibility index (Phi) is 9.32. The number of hydroxylamine groups is 2. The highest BCUT2D eigenvalue weighted by Crippen LogP contribution is 1.96. The van der Waals surface area contributed by atoms with E-state index < -0.39 is 5.82 Å². The summed E-state index contributed by atoms with van der Waals surface area (Å²) in [4.78, 5) is 20.0. The van der Waals surface area contributed by atoms with Crippen LogP contribution in [0.2, 0.25) is 0 Å². The standard InChI is InChI=1S/C13H15N3O3/c1-3-5-9-12(4-2)16(19)11-8-6-7-10-13(14-17)15-18/h3-11,16H,2H2,1H3/b5-3-,7-6-,11-8+,12-9+. The highest BCUT2D eigenvalue weighted by atomic mass is 16.5. The topological polar surface area (TPSA) is 86.4 Å². The summed E-state index contributed by atoms with van der Waals surface area (Å²) in [6.07, 6.45) is 13.4. The monoisotopic (exact) mass is 261 g/mol. The molecule has 6 heteroatoms. The lowest BCUT2D eigenvalue weighted by atomic mass is 10.3. The smallest absolute Gasteiger partial charge is 0.239 e. The van der Waals surface area contributed by atoms with Gasteiger partial charge in [-0.05, 0) is 41.6 Å². The Morgan fingerprint density at radius 3 is 2.32 bits per heavy atom. The molecule has 100 valence electrons. The average Bonchev–Trinajstić information content (AvgIpc) is 2.43. The van der Waals surface area contributed by atoms with Gasteiger partial charge in [0.25, 0.3) is 0 Å². The normalized spacial score (nSPS) is 13.9. The molecule has 0 rings (SSSR count). The number of nitroso groups, excluding NO2 is 2. The van der Waals surface area contributed by atoms with Gasteiger partial charge in [-0.25, -0.2) is 0 Å². The number of allylic oxidation sites excluding steroid dienone is 8. The van der Waals surface area contributed by atoms with Crippen molar-refractivity contribution in [1.82, 2.24) is 0 Å². The van der Waals surface area contributed by atoms with Crippen molar-refractivity contribution >= 4 is 0 Å². The molecule has 6 nitrogen and oxygen atoms in total. The Labute approximate surface area is 111 Å². The number of hydrogen-bond donors (Lipinski definition) is 1. The van der Waals surface area contributed by atoms with Gasteiger partial charge in [-0.2, -0.15) is 0 Å². The molecular formula is C13H15N3O3. The summed E-state index contributed by atoms with van der Waals surface area (Å²) in [7, 11) is 0. The molecule has 19 heavy (non-hydrogen) atoms. The third-order valence-corrected chi connectivity index (χ3v) is 1.87. The molecule has 1 unspecified atom stereocenters. The van der Waals surface area contributed by atoms with Crippen LogP contribution in [0.1, 0.15) is 6.92 Å². The Morgan fingerprint density at radius 2 is 1.79 bits per heavy atom. The molecule has 0 aliphatic carbocycles. The minimum absolute atomic E-state index is 0.205. The van der Waals surface area contributed by atoms with Crippen molar-refractivity contribution in [2.45, 2.75) is 6.92 Å². The fourth-order valence-electron chi connectivity index (χ4n) is 0.973. The van der Waals surface area contributed by atoms with Crippen LogP contribution in [-0.2, 0) is 0 Å².